The summed E-state index contributed by atoms with van der Waals surface area (Å²) in [6.07, 6.45) is 4.67. The summed E-state index contributed by atoms with van der Waals surface area (Å²) in [4.78, 5) is 22.5. The molecule has 1 fully saturated rings. The molecule has 0 bridgehead atoms. The number of nitrogens with one attached hydrogen (secondary N) is 1. The Morgan fingerprint density at radius 1 is 1.21 bits per heavy atom. The number of nitrogens with zero attached hydrogens (tertiary/aromatic N) is 1. The summed E-state index contributed by atoms with van der Waals surface area (Å²) in [5.74, 6) is 0.592. The van der Waals surface area contributed by atoms with Crippen LogP contribution in [-0.4, -0.2) is 31.3 Å². The number of nitro benzene ring substituents is 1. The third kappa shape index (κ3) is 4.50. The highest BCUT2D eigenvalue weighted by Crippen LogP contribution is 2.34. The van der Waals surface area contributed by atoms with Crippen molar-refractivity contribution in [2.75, 3.05) is 14.2 Å². The highest BCUT2D eigenvalue weighted by molar-refractivity contribution is 5.68. The Morgan fingerprint density at radius 2 is 1.83 bits per heavy atom. The molecule has 1 aromatic rings. The number of carbonyl (C=O) groups excluding carboxylic acids is 1. The van der Waals surface area contributed by atoms with Crippen LogP contribution in [0.25, 0.3) is 0 Å². The molecular weight excluding hydrogens is 316 g/mol. The number of rotatable bonds is 6. The van der Waals surface area contributed by atoms with Gasteiger partial charge in [-0.05, 0) is 18.9 Å². The van der Waals surface area contributed by atoms with E-state index in [2.05, 4.69) is 5.32 Å². The topological polar surface area (TPSA) is 99.9 Å². The van der Waals surface area contributed by atoms with Crippen molar-refractivity contribution in [3.8, 4) is 11.5 Å². The molecule has 132 valence electrons. The second-order valence-electron chi connectivity index (χ2n) is 5.65. The summed E-state index contributed by atoms with van der Waals surface area (Å²) < 4.78 is 15.3. The lowest BCUT2D eigenvalue weighted by molar-refractivity contribution is -0.385. The third-order valence-electron chi connectivity index (χ3n) is 4.07. The number of nitro groups is 1. The lowest BCUT2D eigenvalue weighted by Gasteiger charge is -2.22. The molecule has 1 aliphatic rings. The molecule has 0 spiro atoms. The van der Waals surface area contributed by atoms with E-state index < -0.39 is 11.0 Å². The molecule has 0 aromatic heterocycles. The number of ether oxygens (including phenoxy) is 3. The largest absolute Gasteiger partial charge is 0.493 e. The molecule has 8 heteroatoms. The average Bonchev–Trinajstić information content (AvgIpc) is 2.59. The molecule has 0 atom stereocenters. The second kappa shape index (κ2) is 8.37. The van der Waals surface area contributed by atoms with Gasteiger partial charge in [0.25, 0.3) is 5.69 Å². The van der Waals surface area contributed by atoms with Gasteiger partial charge in [0, 0.05) is 6.04 Å². The predicted molar refractivity (Wildman–Crippen MR) is 86.4 cm³/mol. The number of amides is 1. The third-order valence-corrected chi connectivity index (χ3v) is 4.07. The smallest absolute Gasteiger partial charge is 0.407 e. The minimum absolute atomic E-state index is 0.117. The number of hydrogen-bond donors (Lipinski definition) is 1. The van der Waals surface area contributed by atoms with Crippen molar-refractivity contribution in [1.82, 2.24) is 5.32 Å². The fourth-order valence-electron chi connectivity index (χ4n) is 2.79. The van der Waals surface area contributed by atoms with Crippen LogP contribution in [0, 0.1) is 10.1 Å². The van der Waals surface area contributed by atoms with E-state index in [1.54, 1.807) is 0 Å². The van der Waals surface area contributed by atoms with E-state index in [4.69, 9.17) is 14.2 Å². The molecule has 1 aromatic carbocycles. The molecule has 1 aliphatic carbocycles. The van der Waals surface area contributed by atoms with Crippen LogP contribution in [0.2, 0.25) is 0 Å². The quantitative estimate of drug-likeness (QED) is 0.631. The van der Waals surface area contributed by atoms with Crippen molar-refractivity contribution in [2.24, 2.45) is 0 Å². The Kier molecular flexibility index (Phi) is 6.22. The lowest BCUT2D eigenvalue weighted by Crippen LogP contribution is -2.36. The molecule has 1 saturated carbocycles. The van der Waals surface area contributed by atoms with E-state index in [0.29, 0.717) is 5.75 Å². The molecule has 1 N–H and O–H groups in total. The zero-order chi connectivity index (χ0) is 17.5. The van der Waals surface area contributed by atoms with Gasteiger partial charge in [0.15, 0.2) is 11.5 Å². The molecule has 0 heterocycles. The molecule has 8 nitrogen and oxygen atoms in total. The van der Waals surface area contributed by atoms with Crippen LogP contribution >= 0.6 is 0 Å². The maximum atomic E-state index is 11.9. The molecule has 0 saturated heterocycles. The maximum absolute atomic E-state index is 11.9. The Hall–Kier alpha value is -2.51. The van der Waals surface area contributed by atoms with Crippen LogP contribution in [0.5, 0.6) is 11.5 Å². The molecular formula is C16H22N2O6. The molecule has 1 amide bonds. The first-order valence-corrected chi connectivity index (χ1v) is 7.87. The van der Waals surface area contributed by atoms with E-state index in [1.807, 2.05) is 0 Å². The molecule has 0 radical (unpaired) electrons. The van der Waals surface area contributed by atoms with Gasteiger partial charge in [-0.15, -0.1) is 0 Å². The Bertz CT molecular complexity index is 598. The van der Waals surface area contributed by atoms with Gasteiger partial charge in [0.05, 0.1) is 30.8 Å². The summed E-state index contributed by atoms with van der Waals surface area (Å²) in [7, 11) is 2.83. The van der Waals surface area contributed by atoms with E-state index in [1.165, 1.54) is 32.8 Å². The summed E-state index contributed by atoms with van der Waals surface area (Å²) in [6, 6.07) is 2.83. The van der Waals surface area contributed by atoms with Crippen molar-refractivity contribution < 1.29 is 23.9 Å². The molecule has 0 aliphatic heterocycles. The normalized spacial score (nSPS) is 14.8. The SMILES string of the molecule is COc1cc(COC(=O)NC2CCCCC2)c([N+](=O)[O-])cc1OC. The van der Waals surface area contributed by atoms with Crippen LogP contribution < -0.4 is 14.8 Å². The zero-order valence-corrected chi connectivity index (χ0v) is 13.9. The van der Waals surface area contributed by atoms with E-state index in [9.17, 15) is 14.9 Å². The summed E-state index contributed by atoms with van der Waals surface area (Å²) >= 11 is 0. The van der Waals surface area contributed by atoms with Gasteiger partial charge < -0.3 is 19.5 Å². The summed E-state index contributed by atoms with van der Waals surface area (Å²) in [5, 5.41) is 14.0. The first-order valence-electron chi connectivity index (χ1n) is 7.87. The van der Waals surface area contributed by atoms with Crippen LogP contribution in [-0.2, 0) is 11.3 Å². The fraction of sp³-hybridized carbons (Fsp3) is 0.562. The first-order chi connectivity index (χ1) is 11.5. The van der Waals surface area contributed by atoms with Gasteiger partial charge in [0.1, 0.15) is 6.61 Å². The Morgan fingerprint density at radius 3 is 2.42 bits per heavy atom. The van der Waals surface area contributed by atoms with Gasteiger partial charge in [-0.25, -0.2) is 4.79 Å². The Labute approximate surface area is 140 Å². The van der Waals surface area contributed by atoms with Crippen molar-refractivity contribution in [2.45, 2.75) is 44.8 Å². The lowest BCUT2D eigenvalue weighted by atomic mass is 9.96. The second-order valence-corrected chi connectivity index (χ2v) is 5.65. The van der Waals surface area contributed by atoms with Crippen molar-refractivity contribution >= 4 is 11.8 Å². The minimum atomic E-state index is -0.564. The van der Waals surface area contributed by atoms with Gasteiger partial charge in [0.2, 0.25) is 0 Å². The highest BCUT2D eigenvalue weighted by atomic mass is 16.6. The van der Waals surface area contributed by atoms with Gasteiger partial charge >= 0.3 is 6.09 Å². The van der Waals surface area contributed by atoms with Gasteiger partial charge in [-0.3, -0.25) is 10.1 Å². The van der Waals surface area contributed by atoms with Gasteiger partial charge in [-0.2, -0.15) is 0 Å². The molecule has 2 rings (SSSR count). The number of benzene rings is 1. The number of alkyl carbamates (subject to hydrolysis) is 1. The van der Waals surface area contributed by atoms with Crippen LogP contribution in [0.3, 0.4) is 0 Å². The molecule has 0 unspecified atom stereocenters. The van der Waals surface area contributed by atoms with Crippen LogP contribution in [0.4, 0.5) is 10.5 Å². The summed E-state index contributed by atoms with van der Waals surface area (Å²) in [6.45, 7) is -0.213. The maximum Gasteiger partial charge on any atom is 0.407 e. The van der Waals surface area contributed by atoms with Crippen molar-refractivity contribution in [1.29, 1.82) is 0 Å². The first kappa shape index (κ1) is 17.8. The van der Waals surface area contributed by atoms with Crippen molar-refractivity contribution in [3.63, 3.8) is 0 Å². The number of hydrogen-bond acceptors (Lipinski definition) is 6. The zero-order valence-electron chi connectivity index (χ0n) is 13.9. The number of methoxy groups -OCH3 is 2. The molecule has 24 heavy (non-hydrogen) atoms. The van der Waals surface area contributed by atoms with Crippen LogP contribution in [0.1, 0.15) is 37.7 Å². The number of carbonyl (C=O) groups is 1. The monoisotopic (exact) mass is 338 g/mol. The standard InChI is InChI=1S/C16H22N2O6/c1-22-14-8-11(13(18(20)21)9-15(14)23-2)10-24-16(19)17-12-6-4-3-5-7-12/h8-9,12H,3-7,10H2,1-2H3,(H,17,19). The highest BCUT2D eigenvalue weighted by Gasteiger charge is 2.21. The average molecular weight is 338 g/mol. The van der Waals surface area contributed by atoms with Crippen LogP contribution in [0.15, 0.2) is 12.1 Å². The van der Waals surface area contributed by atoms with Gasteiger partial charge in [-0.1, -0.05) is 19.3 Å². The van der Waals surface area contributed by atoms with E-state index >= 15 is 0 Å². The predicted octanol–water partition coefficient (Wildman–Crippen LogP) is 3.17. The minimum Gasteiger partial charge on any atom is -0.493 e. The van der Waals surface area contributed by atoms with E-state index in [0.717, 1.165) is 25.7 Å². The fourth-order valence-corrected chi connectivity index (χ4v) is 2.79. The van der Waals surface area contributed by atoms with E-state index in [-0.39, 0.29) is 29.6 Å². The summed E-state index contributed by atoms with van der Waals surface area (Å²) in [5.41, 5.74) is 0.0644. The Balaban J connectivity index is 2.04. The van der Waals surface area contributed by atoms with Crippen molar-refractivity contribution in [3.05, 3.63) is 27.8 Å².